The third-order valence-corrected chi connectivity index (χ3v) is 3.48. The van der Waals surface area contributed by atoms with E-state index in [9.17, 15) is 4.79 Å². The summed E-state index contributed by atoms with van der Waals surface area (Å²) in [5.74, 6) is 5.99. The number of aromatic nitrogens is 1. The standard InChI is InChI=1S/C16H19N3O/c1-11(2)14-5-4-12(3)15(10-14)19(17)16(20)13-6-8-18-9-7-13/h4,6-10,14H,1,5,17H2,2-3H3. The summed E-state index contributed by atoms with van der Waals surface area (Å²) in [5.41, 5.74) is 3.34. The van der Waals surface area contributed by atoms with Gasteiger partial charge >= 0.3 is 0 Å². The molecule has 2 rings (SSSR count). The Labute approximate surface area is 119 Å². The normalized spacial score (nSPS) is 18.1. The van der Waals surface area contributed by atoms with E-state index in [1.807, 2.05) is 19.9 Å². The predicted octanol–water partition coefficient (Wildman–Crippen LogP) is 2.82. The zero-order chi connectivity index (χ0) is 14.7. The van der Waals surface area contributed by atoms with E-state index in [-0.39, 0.29) is 11.8 Å². The number of carbonyl (C=O) groups is 1. The van der Waals surface area contributed by atoms with Gasteiger partial charge in [0.25, 0.3) is 5.91 Å². The minimum Gasteiger partial charge on any atom is -0.267 e. The summed E-state index contributed by atoms with van der Waals surface area (Å²) >= 11 is 0. The van der Waals surface area contributed by atoms with Crippen LogP contribution in [0.15, 0.2) is 60.1 Å². The van der Waals surface area contributed by atoms with Gasteiger partial charge in [-0.3, -0.25) is 9.78 Å². The number of rotatable bonds is 3. The van der Waals surface area contributed by atoms with E-state index >= 15 is 0 Å². The van der Waals surface area contributed by atoms with Gasteiger partial charge in [-0.05, 0) is 38.0 Å². The Morgan fingerprint density at radius 2 is 2.10 bits per heavy atom. The van der Waals surface area contributed by atoms with Crippen molar-refractivity contribution in [2.24, 2.45) is 11.8 Å². The van der Waals surface area contributed by atoms with E-state index in [1.165, 1.54) is 5.01 Å². The molecule has 1 amide bonds. The van der Waals surface area contributed by atoms with Gasteiger partial charge in [0.15, 0.2) is 0 Å². The van der Waals surface area contributed by atoms with Crippen LogP contribution in [0.3, 0.4) is 0 Å². The molecule has 0 fully saturated rings. The molecule has 4 heteroatoms. The molecule has 20 heavy (non-hydrogen) atoms. The number of nitrogens with two attached hydrogens (primary N) is 1. The van der Waals surface area contributed by atoms with Crippen LogP contribution in [0.4, 0.5) is 0 Å². The van der Waals surface area contributed by atoms with Crippen LogP contribution in [-0.2, 0) is 0 Å². The number of nitrogens with zero attached hydrogens (tertiary/aromatic N) is 2. The van der Waals surface area contributed by atoms with E-state index < -0.39 is 0 Å². The Hall–Kier alpha value is -2.20. The van der Waals surface area contributed by atoms with Gasteiger partial charge in [-0.15, -0.1) is 0 Å². The van der Waals surface area contributed by atoms with Gasteiger partial charge < -0.3 is 0 Å². The van der Waals surface area contributed by atoms with E-state index in [0.717, 1.165) is 23.3 Å². The maximum atomic E-state index is 12.3. The number of hydrogen-bond acceptors (Lipinski definition) is 3. The Morgan fingerprint density at radius 3 is 2.70 bits per heavy atom. The highest BCUT2D eigenvalue weighted by molar-refractivity contribution is 5.95. The predicted molar refractivity (Wildman–Crippen MR) is 79.4 cm³/mol. The van der Waals surface area contributed by atoms with Crippen LogP contribution in [-0.4, -0.2) is 15.9 Å². The smallest absolute Gasteiger partial charge is 0.267 e. The molecule has 0 aliphatic heterocycles. The Morgan fingerprint density at radius 1 is 1.45 bits per heavy atom. The summed E-state index contributed by atoms with van der Waals surface area (Å²) < 4.78 is 0. The first kappa shape index (κ1) is 14.2. The molecular formula is C16H19N3O. The summed E-state index contributed by atoms with van der Waals surface area (Å²) in [5, 5.41) is 1.20. The van der Waals surface area contributed by atoms with Gasteiger partial charge in [0.2, 0.25) is 0 Å². The number of hydrazine groups is 1. The lowest BCUT2D eigenvalue weighted by Crippen LogP contribution is -2.38. The molecular weight excluding hydrogens is 250 g/mol. The molecule has 104 valence electrons. The van der Waals surface area contributed by atoms with Crippen LogP contribution in [0.5, 0.6) is 0 Å². The minimum absolute atomic E-state index is 0.227. The first-order valence-corrected chi connectivity index (χ1v) is 6.54. The monoisotopic (exact) mass is 269 g/mol. The van der Waals surface area contributed by atoms with Crippen LogP contribution >= 0.6 is 0 Å². The largest absolute Gasteiger partial charge is 0.272 e. The Balaban J connectivity index is 2.27. The second kappa shape index (κ2) is 5.84. The third-order valence-electron chi connectivity index (χ3n) is 3.48. The van der Waals surface area contributed by atoms with Crippen LogP contribution in [0.25, 0.3) is 0 Å². The summed E-state index contributed by atoms with van der Waals surface area (Å²) in [4.78, 5) is 16.2. The molecule has 1 aliphatic carbocycles. The maximum Gasteiger partial charge on any atom is 0.272 e. The topological polar surface area (TPSA) is 59.2 Å². The van der Waals surface area contributed by atoms with Crippen molar-refractivity contribution in [3.8, 4) is 0 Å². The van der Waals surface area contributed by atoms with Gasteiger partial charge in [0.1, 0.15) is 0 Å². The molecule has 4 nitrogen and oxygen atoms in total. The van der Waals surface area contributed by atoms with Gasteiger partial charge in [0, 0.05) is 23.9 Å². The number of hydrogen-bond donors (Lipinski definition) is 1. The summed E-state index contributed by atoms with van der Waals surface area (Å²) in [6, 6.07) is 3.31. The van der Waals surface area contributed by atoms with Crippen molar-refractivity contribution in [2.45, 2.75) is 20.3 Å². The summed E-state index contributed by atoms with van der Waals surface area (Å²) in [6.45, 7) is 7.92. The van der Waals surface area contributed by atoms with Crippen molar-refractivity contribution in [3.05, 3.63) is 65.7 Å². The molecule has 0 saturated heterocycles. The molecule has 0 bridgehead atoms. The van der Waals surface area contributed by atoms with Gasteiger partial charge in [0.05, 0.1) is 5.70 Å². The lowest BCUT2D eigenvalue weighted by atomic mass is 9.90. The first-order chi connectivity index (χ1) is 9.50. The highest BCUT2D eigenvalue weighted by Crippen LogP contribution is 2.28. The molecule has 1 unspecified atom stereocenters. The average Bonchev–Trinajstić information content (AvgIpc) is 2.47. The van der Waals surface area contributed by atoms with Crippen molar-refractivity contribution < 1.29 is 4.79 Å². The molecule has 1 atom stereocenters. The fourth-order valence-corrected chi connectivity index (χ4v) is 2.16. The summed E-state index contributed by atoms with van der Waals surface area (Å²) in [6.07, 6.45) is 8.17. The number of carbonyl (C=O) groups excluding carboxylic acids is 1. The van der Waals surface area contributed by atoms with Crippen LogP contribution in [0, 0.1) is 5.92 Å². The van der Waals surface area contributed by atoms with Crippen molar-refractivity contribution >= 4 is 5.91 Å². The zero-order valence-electron chi connectivity index (χ0n) is 11.8. The van der Waals surface area contributed by atoms with E-state index in [4.69, 9.17) is 5.84 Å². The van der Waals surface area contributed by atoms with Gasteiger partial charge in [-0.25, -0.2) is 10.9 Å². The molecule has 1 aliphatic rings. The van der Waals surface area contributed by atoms with E-state index in [0.29, 0.717) is 5.56 Å². The van der Waals surface area contributed by atoms with Crippen LogP contribution < -0.4 is 5.84 Å². The second-order valence-corrected chi connectivity index (χ2v) is 5.04. The van der Waals surface area contributed by atoms with Crippen LogP contribution in [0.2, 0.25) is 0 Å². The van der Waals surface area contributed by atoms with E-state index in [2.05, 4.69) is 17.6 Å². The highest BCUT2D eigenvalue weighted by Gasteiger charge is 2.22. The van der Waals surface area contributed by atoms with Crippen molar-refractivity contribution in [1.29, 1.82) is 0 Å². The van der Waals surface area contributed by atoms with Crippen LogP contribution in [0.1, 0.15) is 30.6 Å². The van der Waals surface area contributed by atoms with E-state index in [1.54, 1.807) is 24.5 Å². The quantitative estimate of drug-likeness (QED) is 0.397. The lowest BCUT2D eigenvalue weighted by molar-refractivity contribution is 0.0807. The average molecular weight is 269 g/mol. The Kier molecular flexibility index (Phi) is 4.15. The fourth-order valence-electron chi connectivity index (χ4n) is 2.16. The number of amides is 1. The molecule has 0 saturated carbocycles. The van der Waals surface area contributed by atoms with Gasteiger partial charge in [-0.1, -0.05) is 24.3 Å². The summed E-state index contributed by atoms with van der Waals surface area (Å²) in [7, 11) is 0. The minimum atomic E-state index is -0.242. The molecule has 0 radical (unpaired) electrons. The molecule has 1 heterocycles. The lowest BCUT2D eigenvalue weighted by Gasteiger charge is -2.26. The molecule has 2 N–H and O–H groups in total. The number of pyridine rings is 1. The fraction of sp³-hybridized carbons (Fsp3) is 0.250. The SMILES string of the molecule is C=C(C)C1C=C(N(N)C(=O)c2ccncc2)C(C)=CC1. The second-order valence-electron chi connectivity index (χ2n) is 5.04. The van der Waals surface area contributed by atoms with Crippen molar-refractivity contribution in [2.75, 3.05) is 0 Å². The molecule has 1 aromatic rings. The Bertz CT molecular complexity index is 587. The highest BCUT2D eigenvalue weighted by atomic mass is 16.2. The zero-order valence-corrected chi connectivity index (χ0v) is 11.8. The maximum absolute atomic E-state index is 12.3. The first-order valence-electron chi connectivity index (χ1n) is 6.54. The van der Waals surface area contributed by atoms with Crippen molar-refractivity contribution in [1.82, 2.24) is 9.99 Å². The third kappa shape index (κ3) is 2.86. The van der Waals surface area contributed by atoms with Crippen molar-refractivity contribution in [3.63, 3.8) is 0 Å². The molecule has 0 aromatic carbocycles. The van der Waals surface area contributed by atoms with Gasteiger partial charge in [-0.2, -0.15) is 0 Å². The molecule has 0 spiro atoms. The molecule has 1 aromatic heterocycles. The number of allylic oxidation sites excluding steroid dienone is 4.